The largest absolute Gasteiger partial charge is 0.494 e. The quantitative estimate of drug-likeness (QED) is 0.372. The van der Waals surface area contributed by atoms with Crippen molar-refractivity contribution in [2.75, 3.05) is 44.8 Å². The Morgan fingerprint density at radius 2 is 1.76 bits per heavy atom. The zero-order chi connectivity index (χ0) is 24.0. The van der Waals surface area contributed by atoms with Gasteiger partial charge in [-0.25, -0.2) is 4.98 Å². The minimum Gasteiger partial charge on any atom is -0.494 e. The summed E-state index contributed by atoms with van der Waals surface area (Å²) in [6, 6.07) is 11.9. The van der Waals surface area contributed by atoms with E-state index in [1.807, 2.05) is 36.4 Å². The van der Waals surface area contributed by atoms with Gasteiger partial charge in [0.25, 0.3) is 5.91 Å². The Hall–Kier alpha value is -2.64. The first-order valence-corrected chi connectivity index (χ1v) is 12.4. The third kappa shape index (κ3) is 6.03. The van der Waals surface area contributed by atoms with Gasteiger partial charge >= 0.3 is 0 Å². The molecule has 0 spiro atoms. The van der Waals surface area contributed by atoms with Crippen molar-refractivity contribution < 1.29 is 14.3 Å². The number of hydrogen-bond donors (Lipinski definition) is 0. The number of aryl methyl sites for hydroxylation is 1. The van der Waals surface area contributed by atoms with Gasteiger partial charge in [0.15, 0.2) is 11.7 Å². The molecule has 0 aliphatic rings. The standard InChI is InChI=1S/C26H35N3O3S/c1-7-28(8-2)15-16-29(23(30)17-32-21-12-10-20(11-13-21)18(3)4)26-27-24-22(31-6)14-9-19(5)25(24)33-26/h9-14,18H,7-8,15-17H2,1-6H3. The van der Waals surface area contributed by atoms with E-state index >= 15 is 0 Å². The molecule has 33 heavy (non-hydrogen) atoms. The van der Waals surface area contributed by atoms with Crippen LogP contribution >= 0.6 is 11.3 Å². The molecule has 0 atom stereocenters. The van der Waals surface area contributed by atoms with Crippen LogP contribution in [-0.4, -0.2) is 55.7 Å². The van der Waals surface area contributed by atoms with Crippen molar-refractivity contribution in [3.8, 4) is 11.5 Å². The lowest BCUT2D eigenvalue weighted by Gasteiger charge is -2.24. The number of carbonyl (C=O) groups excluding carboxylic acids is 1. The van der Waals surface area contributed by atoms with Crippen LogP contribution in [0.5, 0.6) is 11.5 Å². The maximum absolute atomic E-state index is 13.3. The van der Waals surface area contributed by atoms with E-state index in [4.69, 9.17) is 14.5 Å². The number of carbonyl (C=O) groups is 1. The molecule has 1 heterocycles. The molecule has 0 aliphatic heterocycles. The number of aromatic nitrogens is 1. The molecule has 0 radical (unpaired) electrons. The lowest BCUT2D eigenvalue weighted by atomic mass is 10.0. The first-order chi connectivity index (χ1) is 15.9. The van der Waals surface area contributed by atoms with E-state index in [0.717, 1.165) is 41.2 Å². The van der Waals surface area contributed by atoms with E-state index < -0.39 is 0 Å². The van der Waals surface area contributed by atoms with Gasteiger partial charge in [-0.3, -0.25) is 9.69 Å². The number of amides is 1. The first kappa shape index (κ1) is 25.0. The van der Waals surface area contributed by atoms with E-state index in [0.29, 0.717) is 23.3 Å². The molecule has 0 aliphatic carbocycles. The van der Waals surface area contributed by atoms with Crippen LogP contribution in [-0.2, 0) is 4.79 Å². The van der Waals surface area contributed by atoms with Crippen LogP contribution in [0.4, 0.5) is 5.13 Å². The zero-order valence-electron chi connectivity index (χ0n) is 20.6. The van der Waals surface area contributed by atoms with Crippen LogP contribution in [0.25, 0.3) is 10.2 Å². The number of nitrogens with zero attached hydrogens (tertiary/aromatic N) is 3. The zero-order valence-corrected chi connectivity index (χ0v) is 21.4. The number of ether oxygens (including phenoxy) is 2. The van der Waals surface area contributed by atoms with Gasteiger partial charge in [-0.15, -0.1) is 0 Å². The number of rotatable bonds is 11. The molecule has 1 aromatic heterocycles. The minimum atomic E-state index is -0.106. The molecule has 0 saturated heterocycles. The fourth-order valence-electron chi connectivity index (χ4n) is 3.66. The highest BCUT2D eigenvalue weighted by Crippen LogP contribution is 2.36. The van der Waals surface area contributed by atoms with Crippen molar-refractivity contribution in [2.24, 2.45) is 0 Å². The van der Waals surface area contributed by atoms with Gasteiger partial charge in [0.1, 0.15) is 17.0 Å². The second-order valence-corrected chi connectivity index (χ2v) is 9.32. The molecule has 1 amide bonds. The molecular formula is C26H35N3O3S. The van der Waals surface area contributed by atoms with Crippen LogP contribution in [0, 0.1) is 6.92 Å². The summed E-state index contributed by atoms with van der Waals surface area (Å²) in [6.45, 7) is 13.8. The fraction of sp³-hybridized carbons (Fsp3) is 0.462. The summed E-state index contributed by atoms with van der Waals surface area (Å²) in [5.74, 6) is 1.76. The smallest absolute Gasteiger partial charge is 0.266 e. The maximum Gasteiger partial charge on any atom is 0.266 e. The second-order valence-electron chi connectivity index (χ2n) is 8.34. The van der Waals surface area contributed by atoms with Gasteiger partial charge in [-0.05, 0) is 55.3 Å². The summed E-state index contributed by atoms with van der Waals surface area (Å²) in [5.41, 5.74) is 3.16. The normalized spacial score (nSPS) is 11.4. The number of hydrogen-bond acceptors (Lipinski definition) is 6. The van der Waals surface area contributed by atoms with Gasteiger partial charge < -0.3 is 14.4 Å². The molecule has 0 saturated carbocycles. The Bertz CT molecular complexity index is 1060. The predicted octanol–water partition coefficient (Wildman–Crippen LogP) is 5.49. The van der Waals surface area contributed by atoms with E-state index in [2.05, 4.69) is 39.5 Å². The van der Waals surface area contributed by atoms with Crippen molar-refractivity contribution >= 4 is 32.6 Å². The van der Waals surface area contributed by atoms with Gasteiger partial charge in [-0.2, -0.15) is 0 Å². The lowest BCUT2D eigenvalue weighted by Crippen LogP contribution is -2.41. The van der Waals surface area contributed by atoms with E-state index in [1.54, 1.807) is 12.0 Å². The number of thiazole rings is 1. The maximum atomic E-state index is 13.3. The van der Waals surface area contributed by atoms with E-state index in [1.165, 1.54) is 16.9 Å². The summed E-state index contributed by atoms with van der Waals surface area (Å²) in [5, 5.41) is 0.675. The van der Waals surface area contributed by atoms with Gasteiger partial charge in [0, 0.05) is 13.1 Å². The number of anilines is 1. The van der Waals surface area contributed by atoms with Crippen molar-refractivity contribution in [1.82, 2.24) is 9.88 Å². The Labute approximate surface area is 201 Å². The highest BCUT2D eigenvalue weighted by atomic mass is 32.1. The van der Waals surface area contributed by atoms with Crippen molar-refractivity contribution in [2.45, 2.75) is 40.5 Å². The molecule has 0 fully saturated rings. The Morgan fingerprint density at radius 1 is 1.06 bits per heavy atom. The summed E-state index contributed by atoms with van der Waals surface area (Å²) >= 11 is 1.52. The monoisotopic (exact) mass is 469 g/mol. The van der Waals surface area contributed by atoms with Gasteiger partial charge in [0.05, 0.1) is 11.8 Å². The molecule has 6 nitrogen and oxygen atoms in total. The van der Waals surface area contributed by atoms with Crippen LogP contribution in [0.2, 0.25) is 0 Å². The SMILES string of the molecule is CCN(CC)CCN(C(=O)COc1ccc(C(C)C)cc1)c1nc2c(OC)ccc(C)c2s1. The molecular weight excluding hydrogens is 434 g/mol. The average molecular weight is 470 g/mol. The molecule has 0 N–H and O–H groups in total. The minimum absolute atomic E-state index is 0.0364. The average Bonchev–Trinajstić information content (AvgIpc) is 3.27. The number of methoxy groups -OCH3 is 1. The summed E-state index contributed by atoms with van der Waals surface area (Å²) in [4.78, 5) is 22.2. The van der Waals surface area contributed by atoms with Gasteiger partial charge in [0.2, 0.25) is 0 Å². The topological polar surface area (TPSA) is 54.9 Å². The summed E-state index contributed by atoms with van der Waals surface area (Å²) in [7, 11) is 1.64. The third-order valence-corrected chi connectivity index (χ3v) is 7.10. The predicted molar refractivity (Wildman–Crippen MR) is 137 cm³/mol. The highest BCUT2D eigenvalue weighted by molar-refractivity contribution is 7.22. The third-order valence-electron chi connectivity index (χ3n) is 5.89. The van der Waals surface area contributed by atoms with Crippen molar-refractivity contribution in [3.63, 3.8) is 0 Å². The molecule has 3 aromatic rings. The number of likely N-dealkylation sites (N-methyl/N-ethyl adjacent to an activating group) is 1. The van der Waals surface area contributed by atoms with E-state index in [9.17, 15) is 4.79 Å². The molecule has 2 aromatic carbocycles. The van der Waals surface area contributed by atoms with Crippen LogP contribution in [0.15, 0.2) is 36.4 Å². The van der Waals surface area contributed by atoms with Crippen LogP contribution in [0.1, 0.15) is 44.7 Å². The summed E-state index contributed by atoms with van der Waals surface area (Å²) < 4.78 is 12.4. The second kappa shape index (κ2) is 11.5. The summed E-state index contributed by atoms with van der Waals surface area (Å²) in [6.07, 6.45) is 0. The Balaban J connectivity index is 1.83. The first-order valence-electron chi connectivity index (χ1n) is 11.6. The van der Waals surface area contributed by atoms with Crippen molar-refractivity contribution in [3.05, 3.63) is 47.5 Å². The Kier molecular flexibility index (Phi) is 8.69. The van der Waals surface area contributed by atoms with Crippen molar-refractivity contribution in [1.29, 1.82) is 0 Å². The van der Waals surface area contributed by atoms with E-state index in [-0.39, 0.29) is 12.5 Å². The molecule has 7 heteroatoms. The number of fused-ring (bicyclic) bond motifs is 1. The molecule has 178 valence electrons. The highest BCUT2D eigenvalue weighted by Gasteiger charge is 2.22. The molecule has 0 unspecified atom stereocenters. The molecule has 0 bridgehead atoms. The van der Waals surface area contributed by atoms with Crippen LogP contribution in [0.3, 0.4) is 0 Å². The van der Waals surface area contributed by atoms with Crippen LogP contribution < -0.4 is 14.4 Å². The Morgan fingerprint density at radius 3 is 2.36 bits per heavy atom. The fourth-order valence-corrected chi connectivity index (χ4v) is 4.75. The number of benzene rings is 2. The van der Waals surface area contributed by atoms with Gasteiger partial charge in [-0.1, -0.05) is 57.2 Å². The lowest BCUT2D eigenvalue weighted by molar-refractivity contribution is -0.120. The molecule has 3 rings (SSSR count).